The molecule has 0 bridgehead atoms. The number of rotatable bonds is 7. The lowest BCUT2D eigenvalue weighted by Crippen LogP contribution is -2.42. The van der Waals surface area contributed by atoms with E-state index in [4.69, 9.17) is 14.8 Å². The van der Waals surface area contributed by atoms with Crippen molar-refractivity contribution in [2.75, 3.05) is 13.2 Å². The molecule has 1 aliphatic heterocycles. The van der Waals surface area contributed by atoms with Crippen LogP contribution in [-0.2, 0) is 11.8 Å². The minimum absolute atomic E-state index is 0.145. The van der Waals surface area contributed by atoms with Gasteiger partial charge in [0.25, 0.3) is 0 Å². The van der Waals surface area contributed by atoms with E-state index in [9.17, 15) is 14.3 Å². The first-order valence-electron chi connectivity index (χ1n) is 15.3. The van der Waals surface area contributed by atoms with Gasteiger partial charge in [0.1, 0.15) is 41.2 Å². The monoisotopic (exact) mass is 672 g/mol. The Hall–Kier alpha value is -5.01. The molecule has 1 aliphatic rings. The predicted octanol–water partition coefficient (Wildman–Crippen LogP) is 7.21. The smallest absolute Gasteiger partial charge is 0.246 e. The number of aryl methyl sites for hydroxylation is 1. The quantitative estimate of drug-likeness (QED) is 0.180. The Morgan fingerprint density at radius 3 is 2.67 bits per heavy atom. The van der Waals surface area contributed by atoms with Gasteiger partial charge in [0, 0.05) is 58.5 Å². The molecule has 7 rings (SSSR count). The molecular formula is C35H31F3N6O3S. The van der Waals surface area contributed by atoms with Gasteiger partial charge < -0.3 is 14.7 Å². The van der Waals surface area contributed by atoms with Gasteiger partial charge in [0.05, 0.1) is 46.0 Å². The Kier molecular flexibility index (Phi) is 7.83. The average molecular weight is 673 g/mol. The molecule has 0 saturated carbocycles. The van der Waals surface area contributed by atoms with Crippen LogP contribution in [0, 0.1) is 17.5 Å². The molecule has 6 aromatic rings. The van der Waals surface area contributed by atoms with Gasteiger partial charge >= 0.3 is 0 Å². The zero-order chi connectivity index (χ0) is 34.0. The highest BCUT2D eigenvalue weighted by Gasteiger charge is 2.34. The first kappa shape index (κ1) is 31.6. The summed E-state index contributed by atoms with van der Waals surface area (Å²) < 4.78 is 56.2. The van der Waals surface area contributed by atoms with E-state index in [1.807, 2.05) is 50.0 Å². The van der Waals surface area contributed by atoms with Crippen molar-refractivity contribution in [2.45, 2.75) is 39.0 Å². The van der Waals surface area contributed by atoms with Crippen LogP contribution in [0.5, 0.6) is 5.75 Å². The Bertz CT molecular complexity index is 2260. The summed E-state index contributed by atoms with van der Waals surface area (Å²) >= 11 is 1.05. The fraction of sp³-hybridized carbons (Fsp3) is 0.257. The lowest BCUT2D eigenvalue weighted by molar-refractivity contribution is -0.129. The standard InChI is InChI=1S/C35H31F3N6O3S/c1-6-29(46)43-13-17(2)44-27(19(43)4)12-26(41-44)34-32(30-23(37)10-22(36)11-28(30)47-15-18(3)45)35-31(24(38)16-48-35)33(39-34)20-7-8-21-14-42(5)40-25(21)9-20/h6-12,14,16-19,45H,1,13,15H2,2-5H3/t17-,18+,19+/m0/s1. The number of halogens is 3. The van der Waals surface area contributed by atoms with E-state index in [-0.39, 0.29) is 52.6 Å². The highest BCUT2D eigenvalue weighted by molar-refractivity contribution is 7.18. The summed E-state index contributed by atoms with van der Waals surface area (Å²) in [6, 6.07) is 8.45. The summed E-state index contributed by atoms with van der Waals surface area (Å²) in [6.45, 7) is 9.07. The van der Waals surface area contributed by atoms with Crippen molar-refractivity contribution in [3.8, 4) is 39.5 Å². The molecule has 9 nitrogen and oxygen atoms in total. The molecule has 5 heterocycles. The lowest BCUT2D eigenvalue weighted by Gasteiger charge is -2.36. The number of aliphatic hydroxyl groups is 1. The van der Waals surface area contributed by atoms with Crippen LogP contribution < -0.4 is 4.74 Å². The van der Waals surface area contributed by atoms with E-state index in [2.05, 4.69) is 11.7 Å². The van der Waals surface area contributed by atoms with Crippen LogP contribution in [0.2, 0.25) is 0 Å². The third kappa shape index (κ3) is 5.23. The van der Waals surface area contributed by atoms with Crippen molar-refractivity contribution in [2.24, 2.45) is 7.05 Å². The molecule has 0 saturated heterocycles. The van der Waals surface area contributed by atoms with E-state index < -0.39 is 23.6 Å². The molecule has 0 radical (unpaired) electrons. The van der Waals surface area contributed by atoms with Crippen LogP contribution in [0.4, 0.5) is 13.2 Å². The average Bonchev–Trinajstić information content (AvgIpc) is 3.77. The Morgan fingerprint density at radius 1 is 1.12 bits per heavy atom. The largest absolute Gasteiger partial charge is 0.490 e. The number of aliphatic hydroxyl groups excluding tert-OH is 1. The number of nitrogens with zero attached hydrogens (tertiary/aromatic N) is 6. The highest BCUT2D eigenvalue weighted by Crippen LogP contribution is 2.48. The molecule has 4 aromatic heterocycles. The zero-order valence-electron chi connectivity index (χ0n) is 26.5. The number of aromatic nitrogens is 5. The van der Waals surface area contributed by atoms with Gasteiger partial charge in [0.15, 0.2) is 0 Å². The second-order valence-corrected chi connectivity index (χ2v) is 13.0. The number of carbonyl (C=O) groups is 1. The molecular weight excluding hydrogens is 641 g/mol. The van der Waals surface area contributed by atoms with E-state index in [1.54, 1.807) is 15.6 Å². The summed E-state index contributed by atoms with van der Waals surface area (Å²) in [7, 11) is 1.81. The van der Waals surface area contributed by atoms with Crippen LogP contribution >= 0.6 is 11.3 Å². The molecule has 1 N–H and O–H groups in total. The first-order chi connectivity index (χ1) is 22.9. The van der Waals surface area contributed by atoms with Crippen LogP contribution in [0.3, 0.4) is 0 Å². The first-order valence-corrected chi connectivity index (χ1v) is 16.2. The molecule has 0 unspecified atom stereocenters. The molecule has 13 heteroatoms. The van der Waals surface area contributed by atoms with Gasteiger partial charge in [-0.25, -0.2) is 18.2 Å². The Balaban J connectivity index is 1.55. The van der Waals surface area contributed by atoms with Crippen molar-refractivity contribution in [3.05, 3.63) is 83.8 Å². The topological polar surface area (TPSA) is 98.3 Å². The number of fused-ring (bicyclic) bond motifs is 3. The minimum atomic E-state index is -0.954. The molecule has 1 amide bonds. The Morgan fingerprint density at radius 2 is 1.92 bits per heavy atom. The van der Waals surface area contributed by atoms with Crippen molar-refractivity contribution >= 4 is 38.2 Å². The number of ether oxygens (including phenoxy) is 1. The Labute approximate surface area is 277 Å². The summed E-state index contributed by atoms with van der Waals surface area (Å²) in [4.78, 5) is 19.4. The maximum absolute atomic E-state index is 16.1. The zero-order valence-corrected chi connectivity index (χ0v) is 27.4. The van der Waals surface area contributed by atoms with E-state index in [0.717, 1.165) is 28.9 Å². The lowest BCUT2D eigenvalue weighted by atomic mass is 9.96. The number of hydrogen-bond acceptors (Lipinski definition) is 7. The number of carbonyl (C=O) groups excluding carboxylic acids is 1. The number of amides is 1. The summed E-state index contributed by atoms with van der Waals surface area (Å²) in [5.41, 5.74) is 2.82. The second kappa shape index (κ2) is 11.9. The molecule has 2 aromatic carbocycles. The second-order valence-electron chi connectivity index (χ2n) is 12.1. The normalized spacial score (nSPS) is 16.8. The number of benzene rings is 2. The molecule has 0 spiro atoms. The van der Waals surface area contributed by atoms with Gasteiger partial charge in [-0.3, -0.25) is 14.2 Å². The van der Waals surface area contributed by atoms with Crippen molar-refractivity contribution in [1.29, 1.82) is 0 Å². The minimum Gasteiger partial charge on any atom is -0.490 e. The fourth-order valence-electron chi connectivity index (χ4n) is 6.37. The maximum Gasteiger partial charge on any atom is 0.246 e. The van der Waals surface area contributed by atoms with Crippen LogP contribution in [-0.4, -0.2) is 59.7 Å². The maximum atomic E-state index is 16.1. The van der Waals surface area contributed by atoms with Crippen molar-refractivity contribution in [3.63, 3.8) is 0 Å². The third-order valence-corrected chi connectivity index (χ3v) is 9.52. The molecule has 48 heavy (non-hydrogen) atoms. The molecule has 0 fully saturated rings. The van der Waals surface area contributed by atoms with Crippen LogP contribution in [0.15, 0.2) is 60.6 Å². The van der Waals surface area contributed by atoms with Gasteiger partial charge in [-0.05, 0) is 39.0 Å². The van der Waals surface area contributed by atoms with E-state index in [0.29, 0.717) is 39.4 Å². The highest BCUT2D eigenvalue weighted by atomic mass is 32.1. The van der Waals surface area contributed by atoms with E-state index in [1.165, 1.54) is 18.4 Å². The van der Waals surface area contributed by atoms with Gasteiger partial charge in [-0.2, -0.15) is 10.2 Å². The predicted molar refractivity (Wildman–Crippen MR) is 178 cm³/mol. The summed E-state index contributed by atoms with van der Waals surface area (Å²) in [5, 5.41) is 21.7. The summed E-state index contributed by atoms with van der Waals surface area (Å²) in [6.07, 6.45) is 2.20. The van der Waals surface area contributed by atoms with Gasteiger partial charge in [-0.1, -0.05) is 18.7 Å². The van der Waals surface area contributed by atoms with Gasteiger partial charge in [0.2, 0.25) is 5.91 Å². The number of thiophene rings is 1. The summed E-state index contributed by atoms with van der Waals surface area (Å²) in [5.74, 6) is -2.80. The number of pyridine rings is 1. The SMILES string of the molecule is C=CC(=O)N1C[C@H](C)n2nc(-c3nc(-c4ccc5cn(C)nc5c4)c4c(F)csc4c3-c3c(F)cc(F)cc3OC[C@@H](C)O)cc2[C@H]1C. The third-order valence-electron chi connectivity index (χ3n) is 8.55. The van der Waals surface area contributed by atoms with Crippen molar-refractivity contribution < 1.29 is 27.8 Å². The molecule has 0 aliphatic carbocycles. The van der Waals surface area contributed by atoms with E-state index >= 15 is 8.78 Å². The van der Waals surface area contributed by atoms with Gasteiger partial charge in [-0.15, -0.1) is 11.3 Å². The number of hydrogen-bond donors (Lipinski definition) is 1. The molecule has 3 atom stereocenters. The van der Waals surface area contributed by atoms with Crippen LogP contribution in [0.25, 0.3) is 54.8 Å². The molecule has 246 valence electrons. The van der Waals surface area contributed by atoms with Crippen molar-refractivity contribution in [1.82, 2.24) is 29.4 Å². The van der Waals surface area contributed by atoms with Crippen LogP contribution in [0.1, 0.15) is 38.5 Å². The fourth-order valence-corrected chi connectivity index (χ4v) is 7.34.